The van der Waals surface area contributed by atoms with Crippen molar-refractivity contribution in [1.82, 2.24) is 14.5 Å². The van der Waals surface area contributed by atoms with Crippen LogP contribution in [0.15, 0.2) is 4.73 Å². The molecule has 0 aromatic carbocycles. The summed E-state index contributed by atoms with van der Waals surface area (Å²) in [6, 6.07) is 0. The number of hydrogen-bond donors (Lipinski definition) is 1. The van der Waals surface area contributed by atoms with E-state index in [0.29, 0.717) is 36.5 Å². The molecule has 0 spiro atoms. The molecule has 0 aliphatic carbocycles. The van der Waals surface area contributed by atoms with Crippen LogP contribution < -0.4 is 0 Å². The van der Waals surface area contributed by atoms with Gasteiger partial charge < -0.3 is 14.6 Å². The van der Waals surface area contributed by atoms with Gasteiger partial charge in [-0.1, -0.05) is 0 Å². The lowest BCUT2D eigenvalue weighted by molar-refractivity contribution is -0.128. The molecule has 17 heavy (non-hydrogen) atoms. The van der Waals surface area contributed by atoms with Crippen molar-refractivity contribution >= 4 is 27.8 Å². The lowest BCUT2D eigenvalue weighted by Crippen LogP contribution is -2.31. The first kappa shape index (κ1) is 12.1. The highest BCUT2D eigenvalue weighted by Gasteiger charge is 2.24. The highest BCUT2D eigenvalue weighted by Crippen LogP contribution is 2.20. The van der Waals surface area contributed by atoms with E-state index in [-0.39, 0.29) is 11.6 Å². The molecule has 1 aliphatic heterocycles. The van der Waals surface area contributed by atoms with Gasteiger partial charge in [0, 0.05) is 33.0 Å². The van der Waals surface area contributed by atoms with Gasteiger partial charge in [-0.05, 0) is 15.9 Å². The maximum atomic E-state index is 11.3. The Bertz CT molecular complexity index is 483. The van der Waals surface area contributed by atoms with Crippen molar-refractivity contribution in [2.45, 2.75) is 19.9 Å². The standard InChI is InChI=1S/C10H12BrN3O3/c1-6(15)13-3-2-7-8(9(16)17)12-10(11)14(7)5-4-13/h2-5H2,1H3,(H,16,17). The van der Waals surface area contributed by atoms with Crippen LogP contribution >= 0.6 is 15.9 Å². The normalized spacial score (nSPS) is 15.3. The summed E-state index contributed by atoms with van der Waals surface area (Å²) < 4.78 is 2.32. The Morgan fingerprint density at radius 3 is 2.65 bits per heavy atom. The van der Waals surface area contributed by atoms with Gasteiger partial charge in [-0.15, -0.1) is 0 Å². The fourth-order valence-electron chi connectivity index (χ4n) is 2.00. The van der Waals surface area contributed by atoms with E-state index in [0.717, 1.165) is 0 Å². The van der Waals surface area contributed by atoms with Crippen LogP contribution in [0.1, 0.15) is 23.1 Å². The molecule has 1 aliphatic rings. The Hall–Kier alpha value is -1.37. The monoisotopic (exact) mass is 301 g/mol. The van der Waals surface area contributed by atoms with E-state index in [9.17, 15) is 9.59 Å². The molecule has 0 saturated carbocycles. The van der Waals surface area contributed by atoms with Gasteiger partial charge in [0.15, 0.2) is 10.4 Å². The Balaban J connectivity index is 2.34. The van der Waals surface area contributed by atoms with Crippen molar-refractivity contribution in [3.63, 3.8) is 0 Å². The molecule has 1 aromatic heterocycles. The third-order valence-electron chi connectivity index (χ3n) is 2.89. The van der Waals surface area contributed by atoms with E-state index in [1.807, 2.05) is 4.57 Å². The fourth-order valence-corrected chi connectivity index (χ4v) is 2.57. The van der Waals surface area contributed by atoms with Crippen LogP contribution in [-0.4, -0.2) is 44.5 Å². The van der Waals surface area contributed by atoms with E-state index in [4.69, 9.17) is 5.11 Å². The molecule has 6 nitrogen and oxygen atoms in total. The van der Waals surface area contributed by atoms with Gasteiger partial charge in [0.25, 0.3) is 0 Å². The molecule has 0 fully saturated rings. The number of aromatic nitrogens is 2. The van der Waals surface area contributed by atoms with Crippen molar-refractivity contribution in [2.75, 3.05) is 13.1 Å². The minimum atomic E-state index is -1.03. The minimum absolute atomic E-state index is 0.0108. The number of carbonyl (C=O) groups excluding carboxylic acids is 1. The second kappa shape index (κ2) is 4.48. The Labute approximate surface area is 106 Å². The first-order valence-corrected chi connectivity index (χ1v) is 6.03. The average molecular weight is 302 g/mol. The van der Waals surface area contributed by atoms with Crippen LogP contribution in [0.5, 0.6) is 0 Å². The van der Waals surface area contributed by atoms with Crippen LogP contribution in [0.25, 0.3) is 0 Å². The topological polar surface area (TPSA) is 75.4 Å². The van der Waals surface area contributed by atoms with Crippen LogP contribution in [0.3, 0.4) is 0 Å². The van der Waals surface area contributed by atoms with Gasteiger partial charge in [-0.3, -0.25) is 4.79 Å². The number of amides is 1. The summed E-state index contributed by atoms with van der Waals surface area (Å²) in [5.74, 6) is -1.02. The molecule has 0 atom stereocenters. The minimum Gasteiger partial charge on any atom is -0.476 e. The van der Waals surface area contributed by atoms with Gasteiger partial charge in [0.05, 0.1) is 5.69 Å². The summed E-state index contributed by atoms with van der Waals surface area (Å²) in [5, 5.41) is 9.04. The Kier molecular flexibility index (Phi) is 3.19. The number of fused-ring (bicyclic) bond motifs is 1. The van der Waals surface area contributed by atoms with Crippen molar-refractivity contribution in [3.8, 4) is 0 Å². The number of rotatable bonds is 1. The molecule has 2 rings (SSSR count). The van der Waals surface area contributed by atoms with Crippen molar-refractivity contribution in [3.05, 3.63) is 16.1 Å². The maximum Gasteiger partial charge on any atom is 0.356 e. The van der Waals surface area contributed by atoms with Crippen LogP contribution in [0.4, 0.5) is 0 Å². The number of aromatic carboxylic acids is 1. The van der Waals surface area contributed by atoms with Gasteiger partial charge in [-0.25, -0.2) is 9.78 Å². The highest BCUT2D eigenvalue weighted by atomic mass is 79.9. The molecule has 7 heteroatoms. The van der Waals surface area contributed by atoms with E-state index < -0.39 is 5.97 Å². The van der Waals surface area contributed by atoms with Gasteiger partial charge >= 0.3 is 5.97 Å². The van der Waals surface area contributed by atoms with Crippen molar-refractivity contribution < 1.29 is 14.7 Å². The van der Waals surface area contributed by atoms with Crippen molar-refractivity contribution in [1.29, 1.82) is 0 Å². The van der Waals surface area contributed by atoms with E-state index in [2.05, 4.69) is 20.9 Å². The first-order chi connectivity index (χ1) is 8.00. The predicted octanol–water partition coefficient (Wildman–Crippen LogP) is 0.748. The zero-order chi connectivity index (χ0) is 12.6. The second-order valence-electron chi connectivity index (χ2n) is 3.89. The third kappa shape index (κ3) is 2.19. The highest BCUT2D eigenvalue weighted by molar-refractivity contribution is 9.10. The predicted molar refractivity (Wildman–Crippen MR) is 62.8 cm³/mol. The van der Waals surface area contributed by atoms with Gasteiger partial charge in [0.1, 0.15) is 0 Å². The smallest absolute Gasteiger partial charge is 0.356 e. The van der Waals surface area contributed by atoms with Crippen LogP contribution in [-0.2, 0) is 17.8 Å². The number of halogens is 1. The van der Waals surface area contributed by atoms with Gasteiger partial charge in [0.2, 0.25) is 5.91 Å². The molecular weight excluding hydrogens is 290 g/mol. The number of nitrogens with zero attached hydrogens (tertiary/aromatic N) is 3. The van der Waals surface area contributed by atoms with E-state index in [1.54, 1.807) is 4.90 Å². The largest absolute Gasteiger partial charge is 0.476 e. The summed E-state index contributed by atoms with van der Waals surface area (Å²) in [6.45, 7) is 3.20. The van der Waals surface area contributed by atoms with Crippen molar-refractivity contribution in [2.24, 2.45) is 0 Å². The third-order valence-corrected chi connectivity index (χ3v) is 3.49. The molecule has 92 valence electrons. The molecule has 0 unspecified atom stereocenters. The molecule has 1 amide bonds. The molecule has 0 bridgehead atoms. The number of carboxylic acid groups (broad SMARTS) is 1. The fraction of sp³-hybridized carbons (Fsp3) is 0.500. The molecular formula is C10H12BrN3O3. The SMILES string of the molecule is CC(=O)N1CCc2c(C(=O)O)nc(Br)n2CC1. The molecule has 1 aromatic rings. The number of hydrogen-bond acceptors (Lipinski definition) is 3. The molecule has 2 heterocycles. The van der Waals surface area contributed by atoms with Gasteiger partial charge in [-0.2, -0.15) is 0 Å². The summed E-state index contributed by atoms with van der Waals surface area (Å²) in [5.41, 5.74) is 0.746. The second-order valence-corrected chi connectivity index (χ2v) is 4.60. The summed E-state index contributed by atoms with van der Waals surface area (Å²) in [6.07, 6.45) is 0.514. The molecule has 0 saturated heterocycles. The lowest BCUT2D eigenvalue weighted by Gasteiger charge is -2.17. The van der Waals surface area contributed by atoms with E-state index in [1.165, 1.54) is 6.92 Å². The quantitative estimate of drug-likeness (QED) is 0.830. The van der Waals surface area contributed by atoms with Crippen LogP contribution in [0.2, 0.25) is 0 Å². The number of carbonyl (C=O) groups is 2. The van der Waals surface area contributed by atoms with Crippen LogP contribution in [0, 0.1) is 0 Å². The summed E-state index contributed by atoms with van der Waals surface area (Å²) >= 11 is 3.25. The Morgan fingerprint density at radius 1 is 1.35 bits per heavy atom. The summed E-state index contributed by atoms with van der Waals surface area (Å²) in [4.78, 5) is 28.0. The van der Waals surface area contributed by atoms with E-state index >= 15 is 0 Å². The summed E-state index contributed by atoms with van der Waals surface area (Å²) in [7, 11) is 0. The maximum absolute atomic E-state index is 11.3. The zero-order valence-electron chi connectivity index (χ0n) is 9.31. The number of imidazole rings is 1. The Morgan fingerprint density at radius 2 is 2.06 bits per heavy atom. The number of carboxylic acids is 1. The first-order valence-electron chi connectivity index (χ1n) is 5.24. The zero-order valence-corrected chi connectivity index (χ0v) is 10.9. The average Bonchev–Trinajstić information content (AvgIpc) is 2.47. The molecule has 1 N–H and O–H groups in total. The molecule has 0 radical (unpaired) electrons. The lowest BCUT2D eigenvalue weighted by atomic mass is 10.2.